The molecule has 0 saturated carbocycles. The van der Waals surface area contributed by atoms with Crippen molar-refractivity contribution in [2.45, 2.75) is 25.8 Å². The third-order valence-corrected chi connectivity index (χ3v) is 5.63. The number of para-hydroxylation sites is 1. The van der Waals surface area contributed by atoms with E-state index in [0.29, 0.717) is 18.5 Å². The van der Waals surface area contributed by atoms with Crippen LogP contribution in [0.1, 0.15) is 18.4 Å². The number of anilines is 3. The molecule has 1 atom stereocenters. The number of primary amides is 1. The molecule has 1 amide bonds. The van der Waals surface area contributed by atoms with E-state index in [2.05, 4.69) is 26.7 Å². The number of carbonyl (C=O) groups excluding carboxylic acids is 1. The Hall–Kier alpha value is -2.74. The van der Waals surface area contributed by atoms with Crippen molar-refractivity contribution in [3.05, 3.63) is 54.1 Å². The minimum absolute atomic E-state index is 0.0874. The molecule has 8 heteroatoms. The minimum atomic E-state index is -3.36. The predicted molar refractivity (Wildman–Crippen MR) is 118 cm³/mol. The number of carbonyl (C=O) groups is 1. The maximum Gasteiger partial charge on any atom is 0.229 e. The summed E-state index contributed by atoms with van der Waals surface area (Å²) < 4.78 is 25.9. The van der Waals surface area contributed by atoms with Crippen molar-refractivity contribution in [3.63, 3.8) is 0 Å². The molecule has 1 unspecified atom stereocenters. The van der Waals surface area contributed by atoms with Crippen molar-refractivity contribution in [2.75, 3.05) is 40.4 Å². The predicted octanol–water partition coefficient (Wildman–Crippen LogP) is 2.33. The first-order chi connectivity index (χ1) is 13.7. The summed E-state index contributed by atoms with van der Waals surface area (Å²) >= 11 is 0. The highest BCUT2D eigenvalue weighted by Crippen LogP contribution is 2.29. The summed E-state index contributed by atoms with van der Waals surface area (Å²) in [6.07, 6.45) is 2.09. The Kier molecular flexibility index (Phi) is 6.32. The van der Waals surface area contributed by atoms with Crippen molar-refractivity contribution in [3.8, 4) is 0 Å². The molecule has 1 heterocycles. The number of aryl methyl sites for hydroxylation is 1. The van der Waals surface area contributed by atoms with Crippen LogP contribution in [-0.4, -0.2) is 46.3 Å². The number of nitrogens with zero attached hydrogens (tertiary/aromatic N) is 2. The van der Waals surface area contributed by atoms with Crippen LogP contribution in [0.2, 0.25) is 0 Å². The second kappa shape index (κ2) is 8.73. The summed E-state index contributed by atoms with van der Waals surface area (Å²) in [5.41, 5.74) is 9.01. The number of benzene rings is 2. The van der Waals surface area contributed by atoms with Crippen LogP contribution in [0, 0.1) is 6.92 Å². The number of nitrogens with two attached hydrogens (primary N) is 1. The van der Waals surface area contributed by atoms with E-state index in [4.69, 9.17) is 5.73 Å². The van der Waals surface area contributed by atoms with Gasteiger partial charge in [0.25, 0.3) is 0 Å². The lowest BCUT2D eigenvalue weighted by Crippen LogP contribution is -2.53. The lowest BCUT2D eigenvalue weighted by atomic mass is 10.0. The van der Waals surface area contributed by atoms with Crippen molar-refractivity contribution < 1.29 is 13.2 Å². The molecule has 0 bridgehead atoms. The molecule has 0 spiro atoms. The van der Waals surface area contributed by atoms with Gasteiger partial charge in [-0.3, -0.25) is 9.52 Å². The molecular formula is C21H28N4O3S. The second-order valence-electron chi connectivity index (χ2n) is 7.57. The summed E-state index contributed by atoms with van der Waals surface area (Å²) in [6, 6.07) is 16.0. The monoisotopic (exact) mass is 416 g/mol. The van der Waals surface area contributed by atoms with Crippen LogP contribution in [0.5, 0.6) is 0 Å². The molecule has 2 aromatic rings. The van der Waals surface area contributed by atoms with Crippen LogP contribution < -0.4 is 20.3 Å². The molecule has 29 heavy (non-hydrogen) atoms. The molecule has 7 nitrogen and oxygen atoms in total. The van der Waals surface area contributed by atoms with Gasteiger partial charge in [-0.05, 0) is 49.2 Å². The number of piperazine rings is 1. The first-order valence-electron chi connectivity index (χ1n) is 9.66. The lowest BCUT2D eigenvalue weighted by molar-refractivity contribution is -0.118. The standard InChI is InChI=1S/C21H28N4O3S/c1-16-12-17(23-29(2,27)28)14-20(13-16)25-11-10-24(18-6-4-3-5-7-18)15-19(25)8-9-21(22)26/h3-7,12-14,19,23H,8-11,15H2,1-2H3,(H2,22,26). The first kappa shape index (κ1) is 21.0. The first-order valence-corrected chi connectivity index (χ1v) is 11.5. The number of amides is 1. The van der Waals surface area contributed by atoms with Crippen LogP contribution in [0.25, 0.3) is 0 Å². The van der Waals surface area contributed by atoms with E-state index in [9.17, 15) is 13.2 Å². The van der Waals surface area contributed by atoms with Crippen molar-refractivity contribution >= 4 is 33.0 Å². The van der Waals surface area contributed by atoms with Crippen molar-refractivity contribution in [1.29, 1.82) is 0 Å². The summed E-state index contributed by atoms with van der Waals surface area (Å²) in [5.74, 6) is -0.314. The quantitative estimate of drug-likeness (QED) is 0.722. The Labute approximate surface area is 172 Å². The molecule has 156 valence electrons. The summed E-state index contributed by atoms with van der Waals surface area (Å²) in [5, 5.41) is 0. The van der Waals surface area contributed by atoms with Gasteiger partial charge >= 0.3 is 0 Å². The third kappa shape index (κ3) is 5.87. The van der Waals surface area contributed by atoms with E-state index in [1.165, 1.54) is 0 Å². The fourth-order valence-electron chi connectivity index (χ4n) is 3.83. The van der Waals surface area contributed by atoms with Crippen LogP contribution in [0.4, 0.5) is 17.1 Å². The van der Waals surface area contributed by atoms with Gasteiger partial charge in [-0.15, -0.1) is 0 Å². The van der Waals surface area contributed by atoms with E-state index in [-0.39, 0.29) is 11.9 Å². The van der Waals surface area contributed by atoms with E-state index in [1.807, 2.05) is 43.3 Å². The molecule has 3 rings (SSSR count). The third-order valence-electron chi connectivity index (χ3n) is 5.03. The zero-order chi connectivity index (χ0) is 21.0. The van der Waals surface area contributed by atoms with Crippen LogP contribution in [-0.2, 0) is 14.8 Å². The maximum atomic E-state index is 11.7. The van der Waals surface area contributed by atoms with Gasteiger partial charge in [-0.1, -0.05) is 18.2 Å². The average molecular weight is 417 g/mol. The van der Waals surface area contributed by atoms with Gasteiger partial charge in [-0.25, -0.2) is 8.42 Å². The number of hydrogen-bond donors (Lipinski definition) is 2. The molecule has 1 aliphatic heterocycles. The number of nitrogens with one attached hydrogen (secondary N) is 1. The van der Waals surface area contributed by atoms with E-state index in [1.54, 1.807) is 0 Å². The number of sulfonamides is 1. The van der Waals surface area contributed by atoms with Crippen LogP contribution in [0.15, 0.2) is 48.5 Å². The fourth-order valence-corrected chi connectivity index (χ4v) is 4.37. The van der Waals surface area contributed by atoms with Gasteiger partial charge < -0.3 is 15.5 Å². The maximum absolute atomic E-state index is 11.7. The fraction of sp³-hybridized carbons (Fsp3) is 0.381. The Morgan fingerprint density at radius 1 is 1.14 bits per heavy atom. The Morgan fingerprint density at radius 2 is 1.86 bits per heavy atom. The lowest BCUT2D eigenvalue weighted by Gasteiger charge is -2.44. The Balaban J connectivity index is 1.87. The molecule has 1 fully saturated rings. The van der Waals surface area contributed by atoms with Gasteiger partial charge in [0.1, 0.15) is 0 Å². The zero-order valence-corrected chi connectivity index (χ0v) is 17.7. The highest BCUT2D eigenvalue weighted by atomic mass is 32.2. The van der Waals surface area contributed by atoms with E-state index < -0.39 is 10.0 Å². The van der Waals surface area contributed by atoms with Gasteiger partial charge in [0.05, 0.1) is 11.9 Å². The topological polar surface area (TPSA) is 95.7 Å². The number of rotatable bonds is 7. The Morgan fingerprint density at radius 3 is 2.52 bits per heavy atom. The average Bonchev–Trinajstić information content (AvgIpc) is 2.65. The van der Waals surface area contributed by atoms with Gasteiger partial charge in [0.15, 0.2) is 0 Å². The van der Waals surface area contributed by atoms with E-state index >= 15 is 0 Å². The highest BCUT2D eigenvalue weighted by Gasteiger charge is 2.28. The molecule has 1 saturated heterocycles. The molecule has 3 N–H and O–H groups in total. The SMILES string of the molecule is Cc1cc(NS(C)(=O)=O)cc(N2CCN(c3ccccc3)CC2CCC(N)=O)c1. The summed E-state index contributed by atoms with van der Waals surface area (Å²) in [6.45, 7) is 4.30. The molecule has 2 aromatic carbocycles. The largest absolute Gasteiger partial charge is 0.370 e. The van der Waals surface area contributed by atoms with Crippen molar-refractivity contribution in [2.24, 2.45) is 5.73 Å². The Bertz CT molecular complexity index is 963. The molecule has 0 aliphatic carbocycles. The summed E-state index contributed by atoms with van der Waals surface area (Å²) in [4.78, 5) is 16.0. The second-order valence-corrected chi connectivity index (χ2v) is 9.31. The molecular weight excluding hydrogens is 388 g/mol. The molecule has 1 aliphatic rings. The van der Waals surface area contributed by atoms with Crippen LogP contribution >= 0.6 is 0 Å². The zero-order valence-electron chi connectivity index (χ0n) is 16.8. The van der Waals surface area contributed by atoms with Gasteiger partial charge in [0.2, 0.25) is 15.9 Å². The number of hydrogen-bond acceptors (Lipinski definition) is 5. The summed E-state index contributed by atoms with van der Waals surface area (Å²) in [7, 11) is -3.36. The normalized spacial score (nSPS) is 17.2. The van der Waals surface area contributed by atoms with Crippen LogP contribution in [0.3, 0.4) is 0 Å². The van der Waals surface area contributed by atoms with Gasteiger partial charge in [-0.2, -0.15) is 0 Å². The highest BCUT2D eigenvalue weighted by molar-refractivity contribution is 7.92. The molecule has 0 aromatic heterocycles. The van der Waals surface area contributed by atoms with Gasteiger partial charge in [0, 0.05) is 43.5 Å². The minimum Gasteiger partial charge on any atom is -0.370 e. The molecule has 0 radical (unpaired) electrons. The van der Waals surface area contributed by atoms with Crippen molar-refractivity contribution in [1.82, 2.24) is 0 Å². The smallest absolute Gasteiger partial charge is 0.229 e. The van der Waals surface area contributed by atoms with E-state index in [0.717, 1.165) is 42.8 Å².